The summed E-state index contributed by atoms with van der Waals surface area (Å²) in [4.78, 5) is 15.3. The van der Waals surface area contributed by atoms with Crippen LogP contribution in [0.5, 0.6) is 0 Å². The van der Waals surface area contributed by atoms with Crippen molar-refractivity contribution in [3.05, 3.63) is 82.9 Å². The minimum absolute atomic E-state index is 0.0191. The van der Waals surface area contributed by atoms with Crippen molar-refractivity contribution >= 4 is 29.1 Å². The molecule has 0 aromatic heterocycles. The van der Waals surface area contributed by atoms with Crippen LogP contribution >= 0.6 is 23.2 Å². The summed E-state index contributed by atoms with van der Waals surface area (Å²) in [7, 11) is 0. The second-order valence-corrected chi connectivity index (χ2v) is 10.2. The number of carbonyl (C=O) groups is 1. The zero-order valence-corrected chi connectivity index (χ0v) is 21.9. The van der Waals surface area contributed by atoms with Gasteiger partial charge in [0.1, 0.15) is 0 Å². The largest absolute Gasteiger partial charge is 0.388 e. The Morgan fingerprint density at radius 2 is 1.74 bits per heavy atom. The average Bonchev–Trinajstić information content (AvgIpc) is 2.79. The lowest BCUT2D eigenvalue weighted by Gasteiger charge is -2.44. The number of amides is 1. The minimum atomic E-state index is -0.884. The van der Waals surface area contributed by atoms with Crippen molar-refractivity contribution in [1.29, 1.82) is 0 Å². The number of likely N-dealkylation sites (tertiary alicyclic amines) is 1. The number of aliphatic hydroxyl groups is 1. The van der Waals surface area contributed by atoms with E-state index in [4.69, 9.17) is 27.9 Å². The van der Waals surface area contributed by atoms with Crippen LogP contribution in [0.2, 0.25) is 10.0 Å². The van der Waals surface area contributed by atoms with Gasteiger partial charge in [-0.2, -0.15) is 0 Å². The van der Waals surface area contributed by atoms with Crippen molar-refractivity contribution in [3.8, 4) is 0 Å². The summed E-state index contributed by atoms with van der Waals surface area (Å²) >= 11 is 11.6. The molecule has 2 aromatic rings. The van der Waals surface area contributed by atoms with E-state index >= 15 is 0 Å². The Hall–Kier alpha value is -1.85. The summed E-state index contributed by atoms with van der Waals surface area (Å²) in [5.74, 6) is 0.147. The molecule has 1 aliphatic heterocycles. The minimum Gasteiger partial charge on any atom is -0.388 e. The van der Waals surface area contributed by atoms with E-state index in [1.54, 1.807) is 13.8 Å². The number of ether oxygens (including phenoxy) is 1. The Balaban J connectivity index is 0.000000497. The van der Waals surface area contributed by atoms with Crippen molar-refractivity contribution < 1.29 is 14.6 Å². The van der Waals surface area contributed by atoms with Crippen LogP contribution in [0.4, 0.5) is 0 Å². The van der Waals surface area contributed by atoms with Crippen LogP contribution in [0.25, 0.3) is 0 Å². The number of halogens is 2. The van der Waals surface area contributed by atoms with Crippen LogP contribution < -0.4 is 0 Å². The van der Waals surface area contributed by atoms with Crippen molar-refractivity contribution in [1.82, 2.24) is 4.90 Å². The molecule has 1 saturated heterocycles. The molecule has 0 bridgehead atoms. The molecule has 1 amide bonds. The molecule has 6 heteroatoms. The van der Waals surface area contributed by atoms with E-state index in [9.17, 15) is 9.90 Å². The number of hydrogen-bond acceptors (Lipinski definition) is 3. The van der Waals surface area contributed by atoms with Crippen molar-refractivity contribution in [3.63, 3.8) is 0 Å². The number of benzene rings is 2. The van der Waals surface area contributed by atoms with E-state index in [2.05, 4.69) is 13.5 Å². The molecule has 2 aromatic carbocycles. The van der Waals surface area contributed by atoms with Gasteiger partial charge >= 0.3 is 0 Å². The Morgan fingerprint density at radius 3 is 2.24 bits per heavy atom. The lowest BCUT2D eigenvalue weighted by molar-refractivity contribution is -0.148. The third-order valence-electron chi connectivity index (χ3n) is 5.80. The van der Waals surface area contributed by atoms with Crippen LogP contribution in [0.3, 0.4) is 0 Å². The molecule has 0 aliphatic carbocycles. The molecule has 34 heavy (non-hydrogen) atoms. The zero-order valence-electron chi connectivity index (χ0n) is 20.4. The molecule has 186 valence electrons. The maximum absolute atomic E-state index is 13.3. The number of carbonyl (C=O) groups excluding carboxylic acids is 1. The molecule has 3 rings (SSSR count). The van der Waals surface area contributed by atoms with E-state index in [0.717, 1.165) is 29.8 Å². The van der Waals surface area contributed by atoms with Gasteiger partial charge in [-0.1, -0.05) is 66.5 Å². The van der Waals surface area contributed by atoms with Gasteiger partial charge in [-0.3, -0.25) is 4.79 Å². The fraction of sp³-hybridized carbons (Fsp3) is 0.464. The van der Waals surface area contributed by atoms with Crippen molar-refractivity contribution in [2.24, 2.45) is 5.92 Å². The van der Waals surface area contributed by atoms with E-state index < -0.39 is 5.60 Å². The fourth-order valence-corrected chi connectivity index (χ4v) is 4.38. The zero-order chi connectivity index (χ0) is 25.1. The number of piperidine rings is 1. The van der Waals surface area contributed by atoms with Gasteiger partial charge in [-0.15, -0.1) is 6.58 Å². The molecule has 1 heterocycles. The Bertz CT molecular complexity index is 881. The molecule has 0 radical (unpaired) electrons. The lowest BCUT2D eigenvalue weighted by Crippen LogP contribution is -2.50. The second kappa shape index (κ2) is 13.9. The van der Waals surface area contributed by atoms with Crippen LogP contribution in [-0.2, 0) is 9.53 Å². The van der Waals surface area contributed by atoms with Crippen LogP contribution in [0, 0.1) is 5.92 Å². The third kappa shape index (κ3) is 9.07. The monoisotopic (exact) mass is 505 g/mol. The van der Waals surface area contributed by atoms with Gasteiger partial charge in [0.05, 0.1) is 30.9 Å². The maximum Gasteiger partial charge on any atom is 0.226 e. The fourth-order valence-electron chi connectivity index (χ4n) is 4.11. The molecule has 4 nitrogen and oxygen atoms in total. The first-order valence-electron chi connectivity index (χ1n) is 11.9. The lowest BCUT2D eigenvalue weighted by atomic mass is 9.85. The molecule has 1 aliphatic rings. The molecule has 0 saturated carbocycles. The third-order valence-corrected chi connectivity index (χ3v) is 6.30. The number of hydrogen-bond donors (Lipinski definition) is 1. The normalized spacial score (nSPS) is 19.2. The SMILES string of the molecule is C=CCC1CCC(c2ccc(Cl)cc2)N(C(CC)COCC(C)(C)O)C1=O.Clc1ccccc1. The summed E-state index contributed by atoms with van der Waals surface area (Å²) in [6.45, 7) is 9.97. The standard InChI is InChI=1S/C22H32ClNO3.C6H5Cl/c1-5-7-17-10-13-20(16-8-11-18(23)12-9-16)24(21(17)25)19(6-2)14-27-15-22(3,4)26;7-6-4-2-1-3-5-6/h5,8-9,11-12,17,19-20,26H,1,6-7,10,13-15H2,2-4H3;1-5H. The van der Waals surface area contributed by atoms with E-state index in [1.807, 2.05) is 65.6 Å². The van der Waals surface area contributed by atoms with Crippen LogP contribution in [0.1, 0.15) is 58.1 Å². The number of allylic oxidation sites excluding steroid dienone is 1. The molecule has 1 N–H and O–H groups in total. The highest BCUT2D eigenvalue weighted by atomic mass is 35.5. The van der Waals surface area contributed by atoms with Gasteiger partial charge in [0.25, 0.3) is 0 Å². The van der Waals surface area contributed by atoms with Gasteiger partial charge in [0, 0.05) is 16.0 Å². The maximum atomic E-state index is 13.3. The topological polar surface area (TPSA) is 49.8 Å². The van der Waals surface area contributed by atoms with Crippen molar-refractivity contribution in [2.75, 3.05) is 13.2 Å². The molecule has 0 spiro atoms. The highest BCUT2D eigenvalue weighted by molar-refractivity contribution is 6.30. The predicted molar refractivity (Wildman–Crippen MR) is 141 cm³/mol. The van der Waals surface area contributed by atoms with E-state index in [0.29, 0.717) is 18.1 Å². The number of nitrogens with zero attached hydrogens (tertiary/aromatic N) is 1. The Kier molecular flexibility index (Phi) is 11.6. The van der Waals surface area contributed by atoms with Gasteiger partial charge in [0.15, 0.2) is 0 Å². The first-order chi connectivity index (χ1) is 16.2. The Labute approximate surface area is 214 Å². The first kappa shape index (κ1) is 28.4. The average molecular weight is 507 g/mol. The molecule has 1 fully saturated rings. The highest BCUT2D eigenvalue weighted by Gasteiger charge is 2.39. The summed E-state index contributed by atoms with van der Waals surface area (Å²) in [6.07, 6.45) is 5.09. The smallest absolute Gasteiger partial charge is 0.226 e. The van der Waals surface area contributed by atoms with Crippen molar-refractivity contribution in [2.45, 2.75) is 64.1 Å². The van der Waals surface area contributed by atoms with Crippen LogP contribution in [-0.4, -0.2) is 40.8 Å². The number of rotatable bonds is 9. The second-order valence-electron chi connectivity index (χ2n) is 9.30. The van der Waals surface area contributed by atoms with Gasteiger partial charge in [0.2, 0.25) is 5.91 Å². The van der Waals surface area contributed by atoms with Crippen LogP contribution in [0.15, 0.2) is 67.3 Å². The first-order valence-corrected chi connectivity index (χ1v) is 12.6. The van der Waals surface area contributed by atoms with E-state index in [-0.39, 0.29) is 30.5 Å². The molecular weight excluding hydrogens is 469 g/mol. The van der Waals surface area contributed by atoms with E-state index in [1.165, 1.54) is 0 Å². The highest BCUT2D eigenvalue weighted by Crippen LogP contribution is 2.38. The summed E-state index contributed by atoms with van der Waals surface area (Å²) < 4.78 is 5.77. The molecule has 3 unspecified atom stereocenters. The molecular formula is C28H37Cl2NO3. The Morgan fingerprint density at radius 1 is 1.12 bits per heavy atom. The van der Waals surface area contributed by atoms with Gasteiger partial charge in [-0.05, 0) is 69.4 Å². The van der Waals surface area contributed by atoms with Gasteiger partial charge < -0.3 is 14.7 Å². The summed E-state index contributed by atoms with van der Waals surface area (Å²) in [5.41, 5.74) is 0.219. The summed E-state index contributed by atoms with van der Waals surface area (Å²) in [6, 6.07) is 17.2. The van der Waals surface area contributed by atoms with Gasteiger partial charge in [-0.25, -0.2) is 0 Å². The predicted octanol–water partition coefficient (Wildman–Crippen LogP) is 7.10. The summed E-state index contributed by atoms with van der Waals surface area (Å²) in [5, 5.41) is 11.4. The molecule has 3 atom stereocenters. The quantitative estimate of drug-likeness (QED) is 0.369.